The maximum absolute atomic E-state index is 3.38. The third kappa shape index (κ3) is 4.44. The van der Waals surface area contributed by atoms with Crippen LogP contribution in [0.5, 0.6) is 0 Å². The molecule has 1 aromatic carbocycles. The first kappa shape index (κ1) is 24.5. The van der Waals surface area contributed by atoms with Crippen LogP contribution in [0.25, 0.3) is 5.57 Å². The topological polar surface area (TPSA) is 0 Å². The van der Waals surface area contributed by atoms with Crippen LogP contribution in [-0.4, -0.2) is 22.5 Å². The van der Waals surface area contributed by atoms with Gasteiger partial charge in [0, 0.05) is 0 Å². The number of fused-ring (bicyclic) bond motifs is 1. The first-order chi connectivity index (χ1) is 13.4. The van der Waals surface area contributed by atoms with Crippen LogP contribution in [0.15, 0.2) is 5.57 Å². The minimum absolute atomic E-state index is 0.175. The predicted octanol–water partition coefficient (Wildman–Crippen LogP) is 7.19. The van der Waals surface area contributed by atoms with Gasteiger partial charge in [0.15, 0.2) is 0 Å². The van der Waals surface area contributed by atoms with Gasteiger partial charge in [0.25, 0.3) is 0 Å². The van der Waals surface area contributed by atoms with Gasteiger partial charge in [0.2, 0.25) is 0 Å². The van der Waals surface area contributed by atoms with Crippen LogP contribution >= 0.6 is 9.24 Å². The summed E-state index contributed by atoms with van der Waals surface area (Å²) in [6, 6.07) is 0. The molecular formula is C26H42PSn. The average molecular weight is 504 g/mol. The van der Waals surface area contributed by atoms with Crippen LogP contribution in [0.3, 0.4) is 0 Å². The van der Waals surface area contributed by atoms with Gasteiger partial charge in [-0.25, -0.2) is 0 Å². The summed E-state index contributed by atoms with van der Waals surface area (Å²) >= 11 is 1.62. The van der Waals surface area contributed by atoms with E-state index in [1.54, 1.807) is 65.1 Å². The standard InChI is InChI=1S/C26H42P.Sn/c1-7-12-15-21-18-20(10-4)24-22(11-5)19(6)26(27,17-14-9-3)25(24)23(21)16-13-8-2;/h7-17,27H2,1-6H3;. The van der Waals surface area contributed by atoms with Crippen molar-refractivity contribution < 1.29 is 0 Å². The van der Waals surface area contributed by atoms with Crippen LogP contribution in [0.2, 0.25) is 0 Å². The summed E-state index contributed by atoms with van der Waals surface area (Å²) in [4.78, 5) is 0. The SMILES string of the molecule is CCCCc1[c]([Sn])c(CC)c2c(c1CCCC)C(P)(CCCC)C(C)=C2CC. The molecule has 0 heterocycles. The Bertz CT molecular complexity index is 716. The number of unbranched alkanes of at least 4 members (excludes halogenated alkanes) is 3. The van der Waals surface area contributed by atoms with Gasteiger partial charge in [-0.15, -0.1) is 0 Å². The molecule has 3 radical (unpaired) electrons. The first-order valence-electron chi connectivity index (χ1n) is 11.8. The molecule has 0 saturated heterocycles. The zero-order valence-electron chi connectivity index (χ0n) is 19.4. The monoisotopic (exact) mass is 505 g/mol. The quantitative estimate of drug-likeness (QED) is 0.221. The molecule has 0 aliphatic heterocycles. The number of rotatable bonds is 11. The van der Waals surface area contributed by atoms with Crippen molar-refractivity contribution in [2.24, 2.45) is 0 Å². The van der Waals surface area contributed by atoms with Gasteiger partial charge in [-0.3, -0.25) is 0 Å². The van der Waals surface area contributed by atoms with E-state index in [4.69, 9.17) is 0 Å². The molecule has 0 saturated carbocycles. The fourth-order valence-electron chi connectivity index (χ4n) is 5.20. The van der Waals surface area contributed by atoms with Crippen molar-refractivity contribution in [1.82, 2.24) is 0 Å². The Labute approximate surface area is 191 Å². The van der Waals surface area contributed by atoms with E-state index >= 15 is 0 Å². The molecule has 0 amide bonds. The van der Waals surface area contributed by atoms with Gasteiger partial charge in [0.1, 0.15) is 0 Å². The Hall–Kier alpha value is 0.189. The van der Waals surface area contributed by atoms with Crippen LogP contribution in [0.1, 0.15) is 121 Å². The summed E-state index contributed by atoms with van der Waals surface area (Å²) in [7, 11) is 3.38. The summed E-state index contributed by atoms with van der Waals surface area (Å²) in [5, 5.41) is 0.175. The Morgan fingerprint density at radius 1 is 0.786 bits per heavy atom. The van der Waals surface area contributed by atoms with E-state index in [0.717, 1.165) is 0 Å². The third-order valence-electron chi connectivity index (χ3n) is 6.88. The Kier molecular flexibility index (Phi) is 9.60. The zero-order chi connectivity index (χ0) is 20.9. The maximum atomic E-state index is 3.38. The molecule has 0 spiro atoms. The van der Waals surface area contributed by atoms with E-state index < -0.39 is 0 Å². The van der Waals surface area contributed by atoms with Crippen molar-refractivity contribution in [2.45, 2.75) is 117 Å². The first-order valence-corrected chi connectivity index (χ1v) is 13.8. The van der Waals surface area contributed by atoms with Crippen LogP contribution in [0, 0.1) is 0 Å². The molecular weight excluding hydrogens is 462 g/mol. The normalized spacial score (nSPS) is 18.9. The summed E-state index contributed by atoms with van der Waals surface area (Å²) in [5.74, 6) is 0. The summed E-state index contributed by atoms with van der Waals surface area (Å²) in [6.07, 6.45) is 14.0. The van der Waals surface area contributed by atoms with Crippen molar-refractivity contribution >= 4 is 40.9 Å². The fraction of sp³-hybridized carbons (Fsp3) is 0.692. The number of allylic oxidation sites excluding steroid dienone is 2. The van der Waals surface area contributed by atoms with Crippen molar-refractivity contribution in [3.05, 3.63) is 33.4 Å². The van der Waals surface area contributed by atoms with Crippen LogP contribution in [-0.2, 0) is 24.4 Å². The van der Waals surface area contributed by atoms with E-state index in [1.165, 1.54) is 70.6 Å². The molecule has 0 fully saturated rings. The number of hydrogen-bond acceptors (Lipinski definition) is 0. The zero-order valence-corrected chi connectivity index (χ0v) is 23.4. The number of benzene rings is 1. The molecule has 0 bridgehead atoms. The van der Waals surface area contributed by atoms with Gasteiger partial charge in [0.05, 0.1) is 0 Å². The van der Waals surface area contributed by atoms with Crippen molar-refractivity contribution in [3.8, 4) is 0 Å². The van der Waals surface area contributed by atoms with Crippen molar-refractivity contribution in [3.63, 3.8) is 0 Å². The molecule has 1 aromatic rings. The molecule has 1 aliphatic rings. The summed E-state index contributed by atoms with van der Waals surface area (Å²) < 4.78 is 1.71. The summed E-state index contributed by atoms with van der Waals surface area (Å²) in [6.45, 7) is 14.2. The van der Waals surface area contributed by atoms with Crippen LogP contribution in [0.4, 0.5) is 0 Å². The molecule has 2 rings (SSSR count). The molecule has 2 heteroatoms. The number of hydrogen-bond donors (Lipinski definition) is 0. The van der Waals surface area contributed by atoms with Gasteiger partial charge in [-0.05, 0) is 0 Å². The van der Waals surface area contributed by atoms with E-state index in [0.29, 0.717) is 0 Å². The van der Waals surface area contributed by atoms with Gasteiger partial charge in [-0.2, -0.15) is 0 Å². The molecule has 0 aromatic heterocycles. The second kappa shape index (κ2) is 11.0. The Morgan fingerprint density at radius 3 is 1.86 bits per heavy atom. The molecule has 1 aliphatic carbocycles. The van der Waals surface area contributed by atoms with Gasteiger partial charge < -0.3 is 0 Å². The molecule has 0 N–H and O–H groups in total. The molecule has 2 unspecified atom stereocenters. The van der Waals surface area contributed by atoms with Crippen LogP contribution < -0.4 is 3.58 Å². The molecule has 28 heavy (non-hydrogen) atoms. The van der Waals surface area contributed by atoms with Gasteiger partial charge >= 0.3 is 192 Å². The van der Waals surface area contributed by atoms with E-state index in [1.807, 2.05) is 0 Å². The minimum atomic E-state index is 0.175. The molecule has 155 valence electrons. The third-order valence-corrected chi connectivity index (χ3v) is 9.62. The second-order valence-electron chi connectivity index (χ2n) is 8.65. The van der Waals surface area contributed by atoms with Crippen molar-refractivity contribution in [2.75, 3.05) is 0 Å². The second-order valence-corrected chi connectivity index (χ2v) is 11.1. The fourth-order valence-corrected chi connectivity index (χ4v) is 7.55. The van der Waals surface area contributed by atoms with Crippen molar-refractivity contribution in [1.29, 1.82) is 0 Å². The van der Waals surface area contributed by atoms with E-state index in [-0.39, 0.29) is 5.16 Å². The molecule has 2 atom stereocenters. The Morgan fingerprint density at radius 2 is 1.36 bits per heavy atom. The van der Waals surface area contributed by atoms with Gasteiger partial charge in [-0.1, -0.05) is 0 Å². The van der Waals surface area contributed by atoms with E-state index in [9.17, 15) is 0 Å². The summed E-state index contributed by atoms with van der Waals surface area (Å²) in [5.41, 5.74) is 11.9. The Balaban J connectivity index is 2.85. The van der Waals surface area contributed by atoms with E-state index in [2.05, 4.69) is 50.8 Å². The molecule has 0 nitrogen and oxygen atoms in total. The average Bonchev–Trinajstić information content (AvgIpc) is 2.91. The predicted molar refractivity (Wildman–Crippen MR) is 132 cm³/mol.